The number of ether oxygens (including phenoxy) is 2. The summed E-state index contributed by atoms with van der Waals surface area (Å²) in [6, 6.07) is 18.9. The molecule has 298 valence electrons. The highest BCUT2D eigenvalue weighted by Crippen LogP contribution is 2.41. The van der Waals surface area contributed by atoms with Gasteiger partial charge in [0.05, 0.1) is 34.1 Å². The number of carbonyl (C=O) groups is 2. The number of amides is 2. The molecule has 0 radical (unpaired) electrons. The van der Waals surface area contributed by atoms with Gasteiger partial charge in [-0.1, -0.05) is 41.9 Å². The van der Waals surface area contributed by atoms with Crippen molar-refractivity contribution in [3.8, 4) is 17.1 Å². The lowest BCUT2D eigenvalue weighted by atomic mass is 9.81. The Balaban J connectivity index is 1.12. The van der Waals surface area contributed by atoms with Crippen LogP contribution in [0.25, 0.3) is 17.2 Å². The number of nitrogens with one attached hydrogen (secondary N) is 1. The molecule has 0 atom stereocenters. The van der Waals surface area contributed by atoms with Crippen molar-refractivity contribution in [3.05, 3.63) is 128 Å². The number of rotatable bonds is 8. The third kappa shape index (κ3) is 7.33. The van der Waals surface area contributed by atoms with Crippen LogP contribution < -0.4 is 21.3 Å². The van der Waals surface area contributed by atoms with Crippen molar-refractivity contribution in [1.82, 2.24) is 34.0 Å². The number of alkyl halides is 3. The smallest absolute Gasteiger partial charge is 0.416 e. The number of hydrogen-bond acceptors (Lipinski definition) is 10. The molecule has 14 nitrogen and oxygen atoms in total. The fraction of sp³-hybridized carbons (Fsp3) is 0.275. The zero-order chi connectivity index (χ0) is 40.8. The molecule has 0 unspecified atom stereocenters. The van der Waals surface area contributed by atoms with E-state index in [9.17, 15) is 27.6 Å². The van der Waals surface area contributed by atoms with E-state index < -0.39 is 35.4 Å². The zero-order valence-electron chi connectivity index (χ0n) is 30.9. The van der Waals surface area contributed by atoms with Crippen LogP contribution in [-0.4, -0.2) is 65.5 Å². The molecule has 3 aromatic heterocycles. The molecule has 3 aromatic carbocycles. The lowest BCUT2D eigenvalue weighted by molar-refractivity contribution is -0.137. The standard InChI is InChI=1S/C40H35ClF3N9O5/c1-23-34(57-21-24-5-3-2-4-6-24)33(47-22-46-23)37(56)51-16-14-39(15-17-51)32-30(13-18-58-39)52(20-31(54)48-29-12-9-26(19-28(29)41)40(42,43)44)38-49-35(50-53(38)36(32)55)25-7-10-27(45)11-8-25/h2-12,19,22H,13-18,20-21,45H2,1H3,(H,48,54). The van der Waals surface area contributed by atoms with Gasteiger partial charge in [-0.25, -0.2) is 9.97 Å². The molecule has 2 amide bonds. The Labute approximate surface area is 333 Å². The van der Waals surface area contributed by atoms with Crippen molar-refractivity contribution >= 4 is 40.6 Å². The van der Waals surface area contributed by atoms with Gasteiger partial charge in [0.2, 0.25) is 11.7 Å². The summed E-state index contributed by atoms with van der Waals surface area (Å²) in [5.41, 5.74) is 6.61. The first kappa shape index (κ1) is 38.5. The number of benzene rings is 3. The van der Waals surface area contributed by atoms with E-state index in [2.05, 4.69) is 25.4 Å². The average molecular weight is 814 g/mol. The summed E-state index contributed by atoms with van der Waals surface area (Å²) < 4.78 is 55.1. The van der Waals surface area contributed by atoms with Gasteiger partial charge in [0.1, 0.15) is 25.1 Å². The number of fused-ring (bicyclic) bond motifs is 3. The molecule has 6 aromatic rings. The molecule has 5 heterocycles. The van der Waals surface area contributed by atoms with Gasteiger partial charge >= 0.3 is 6.18 Å². The number of aromatic nitrogens is 6. The zero-order valence-corrected chi connectivity index (χ0v) is 31.7. The van der Waals surface area contributed by atoms with Gasteiger partial charge in [-0.3, -0.25) is 14.4 Å². The molecule has 0 aliphatic carbocycles. The van der Waals surface area contributed by atoms with E-state index in [1.807, 2.05) is 30.3 Å². The molecule has 2 aliphatic heterocycles. The second kappa shape index (κ2) is 15.2. The van der Waals surface area contributed by atoms with Gasteiger partial charge in [-0.15, -0.1) is 5.10 Å². The van der Waals surface area contributed by atoms with E-state index in [4.69, 9.17) is 26.8 Å². The number of likely N-dealkylation sites (tertiary alicyclic amines) is 1. The Morgan fingerprint density at radius 1 is 1.03 bits per heavy atom. The van der Waals surface area contributed by atoms with E-state index in [-0.39, 0.29) is 90.8 Å². The Bertz CT molecular complexity index is 2610. The van der Waals surface area contributed by atoms with Crippen LogP contribution in [0.1, 0.15) is 51.4 Å². The third-order valence-corrected chi connectivity index (χ3v) is 10.6. The first-order valence-corrected chi connectivity index (χ1v) is 18.7. The number of hydrogen-bond donors (Lipinski definition) is 2. The number of nitrogen functional groups attached to an aromatic ring is 1. The van der Waals surface area contributed by atoms with Crippen LogP contribution in [-0.2, 0) is 40.9 Å². The van der Waals surface area contributed by atoms with Crippen LogP contribution in [0.4, 0.5) is 24.5 Å². The summed E-state index contributed by atoms with van der Waals surface area (Å²) in [6.45, 7) is 2.12. The Morgan fingerprint density at radius 3 is 2.48 bits per heavy atom. The van der Waals surface area contributed by atoms with Crippen LogP contribution >= 0.6 is 11.6 Å². The fourth-order valence-electron chi connectivity index (χ4n) is 7.41. The normalized spacial score (nSPS) is 15.0. The summed E-state index contributed by atoms with van der Waals surface area (Å²) in [5, 5.41) is 6.85. The highest BCUT2D eigenvalue weighted by molar-refractivity contribution is 6.33. The molecule has 18 heteroatoms. The maximum absolute atomic E-state index is 14.6. The van der Waals surface area contributed by atoms with Crippen molar-refractivity contribution in [3.63, 3.8) is 0 Å². The van der Waals surface area contributed by atoms with Crippen molar-refractivity contribution in [1.29, 1.82) is 0 Å². The first-order chi connectivity index (χ1) is 27.8. The first-order valence-electron chi connectivity index (χ1n) is 18.3. The maximum atomic E-state index is 14.6. The summed E-state index contributed by atoms with van der Waals surface area (Å²) in [4.78, 5) is 57.1. The molecule has 2 aliphatic rings. The van der Waals surface area contributed by atoms with Crippen molar-refractivity contribution in [2.45, 2.75) is 51.1 Å². The number of halogens is 4. The molecule has 3 N–H and O–H groups in total. The molecule has 1 fully saturated rings. The molecule has 1 spiro atoms. The highest BCUT2D eigenvalue weighted by atomic mass is 35.5. The molecular formula is C40H35ClF3N9O5. The van der Waals surface area contributed by atoms with Gasteiger partial charge in [-0.2, -0.15) is 22.7 Å². The molecule has 0 saturated carbocycles. The Morgan fingerprint density at radius 2 is 1.78 bits per heavy atom. The van der Waals surface area contributed by atoms with Crippen molar-refractivity contribution in [2.24, 2.45) is 0 Å². The maximum Gasteiger partial charge on any atom is 0.416 e. The Kier molecular flexibility index (Phi) is 10.1. The van der Waals surface area contributed by atoms with Gasteiger partial charge in [-0.05, 0) is 67.8 Å². The van der Waals surface area contributed by atoms with Crippen LogP contribution in [0.3, 0.4) is 0 Å². The van der Waals surface area contributed by atoms with Crippen LogP contribution in [0, 0.1) is 6.92 Å². The van der Waals surface area contributed by atoms with Gasteiger partial charge in [0, 0.05) is 36.5 Å². The lowest BCUT2D eigenvalue weighted by Gasteiger charge is -2.44. The predicted molar refractivity (Wildman–Crippen MR) is 206 cm³/mol. The monoisotopic (exact) mass is 813 g/mol. The van der Waals surface area contributed by atoms with Gasteiger partial charge < -0.3 is 30.0 Å². The molecule has 0 bridgehead atoms. The molecule has 58 heavy (non-hydrogen) atoms. The van der Waals surface area contributed by atoms with Gasteiger partial charge in [0.25, 0.3) is 11.5 Å². The highest BCUT2D eigenvalue weighted by Gasteiger charge is 2.46. The number of anilines is 2. The second-order valence-electron chi connectivity index (χ2n) is 14.0. The van der Waals surface area contributed by atoms with E-state index in [0.717, 1.165) is 28.3 Å². The van der Waals surface area contributed by atoms with Crippen LogP contribution in [0.5, 0.6) is 5.75 Å². The summed E-state index contributed by atoms with van der Waals surface area (Å²) in [6.07, 6.45) is -2.63. The minimum absolute atomic E-state index is 0.0287. The van der Waals surface area contributed by atoms with Crippen molar-refractivity contribution < 1.29 is 32.2 Å². The minimum Gasteiger partial charge on any atom is -0.485 e. The number of aryl methyl sites for hydroxylation is 1. The average Bonchev–Trinajstić information content (AvgIpc) is 3.66. The van der Waals surface area contributed by atoms with E-state index in [1.54, 1.807) is 40.7 Å². The van der Waals surface area contributed by atoms with Gasteiger partial charge in [0.15, 0.2) is 17.3 Å². The minimum atomic E-state index is -4.63. The van der Waals surface area contributed by atoms with E-state index >= 15 is 0 Å². The van der Waals surface area contributed by atoms with Crippen LogP contribution in [0.2, 0.25) is 5.02 Å². The third-order valence-electron chi connectivity index (χ3n) is 10.3. The molecular weight excluding hydrogens is 779 g/mol. The second-order valence-corrected chi connectivity index (χ2v) is 14.4. The summed E-state index contributed by atoms with van der Waals surface area (Å²) >= 11 is 6.17. The number of carbonyl (C=O) groups excluding carboxylic acids is 2. The van der Waals surface area contributed by atoms with E-state index in [0.29, 0.717) is 22.6 Å². The van der Waals surface area contributed by atoms with Crippen molar-refractivity contribution in [2.75, 3.05) is 30.7 Å². The van der Waals surface area contributed by atoms with E-state index in [1.165, 1.54) is 6.33 Å². The SMILES string of the molecule is Cc1ncnc(C(=O)N2CCC3(CC2)OCCc2c3c(=O)n3nc(-c4ccc(N)cc4)nc3n2CC(=O)Nc2ccc(C(F)(F)F)cc2Cl)c1OCc1ccccc1. The fourth-order valence-corrected chi connectivity index (χ4v) is 7.64. The quantitative estimate of drug-likeness (QED) is 0.178. The molecule has 8 rings (SSSR count). The predicted octanol–water partition coefficient (Wildman–Crippen LogP) is 5.83. The number of nitrogens with two attached hydrogens (primary N) is 1. The summed E-state index contributed by atoms with van der Waals surface area (Å²) in [5.74, 6) is -0.468. The van der Waals surface area contributed by atoms with Crippen LogP contribution in [0.15, 0.2) is 83.9 Å². The Hall–Kier alpha value is -6.33. The number of nitrogens with zero attached hydrogens (tertiary/aromatic N) is 7. The number of piperidine rings is 1. The lowest BCUT2D eigenvalue weighted by Crippen LogP contribution is -2.52. The topological polar surface area (TPSA) is 172 Å². The molecule has 1 saturated heterocycles. The largest absolute Gasteiger partial charge is 0.485 e. The summed E-state index contributed by atoms with van der Waals surface area (Å²) in [7, 11) is 0.